The van der Waals surface area contributed by atoms with Crippen molar-refractivity contribution in [2.45, 2.75) is 19.3 Å². The van der Waals surface area contributed by atoms with E-state index < -0.39 is 5.51 Å². The molecule has 0 saturated carbocycles. The van der Waals surface area contributed by atoms with Crippen LogP contribution in [0.4, 0.5) is 0 Å². The van der Waals surface area contributed by atoms with Crippen LogP contribution in [-0.4, -0.2) is 15.1 Å². The van der Waals surface area contributed by atoms with Crippen LogP contribution in [0.15, 0.2) is 70.6 Å². The molecule has 0 spiro atoms. The fraction of sp³-hybridized carbons (Fsp3) is 0.200. The first-order valence-corrected chi connectivity index (χ1v) is 10.0. The van der Waals surface area contributed by atoms with Crippen LogP contribution in [-0.2, 0) is 0 Å². The van der Waals surface area contributed by atoms with Gasteiger partial charge in [-0.05, 0) is 0 Å². The number of allylic oxidation sites excluding steroid dienone is 12. The first-order chi connectivity index (χ1) is 8.32. The van der Waals surface area contributed by atoms with E-state index in [1.807, 2.05) is 0 Å². The third kappa shape index (κ3) is 1.87. The molecular formula is C15H15PSe. The second-order valence-corrected chi connectivity index (χ2v) is 10.9. The van der Waals surface area contributed by atoms with Crippen LogP contribution in [0.2, 0.25) is 0 Å². The molecular weight excluding hydrogens is 290 g/mol. The van der Waals surface area contributed by atoms with E-state index in [-0.39, 0.29) is 0 Å². The third-order valence-electron chi connectivity index (χ3n) is 3.47. The van der Waals surface area contributed by atoms with Gasteiger partial charge in [0.25, 0.3) is 0 Å². The SMILES string of the molecule is [Se]=P(C1=CC=CC1)(C1=CC=CC1)C1=CC=CC1. The standard InChI is InChI=1S/C15H15PSe/c17-16(13-7-1-2-8-13,14-9-3-4-10-14)15-11-5-6-12-15/h1-7,9,11H,8,10,12H2. The van der Waals surface area contributed by atoms with Crippen LogP contribution >= 0.6 is 5.51 Å². The quantitative estimate of drug-likeness (QED) is 0.527. The van der Waals surface area contributed by atoms with Gasteiger partial charge < -0.3 is 0 Å². The van der Waals surface area contributed by atoms with Gasteiger partial charge in [0, 0.05) is 0 Å². The van der Waals surface area contributed by atoms with Crippen molar-refractivity contribution in [2.24, 2.45) is 0 Å². The molecule has 3 aliphatic carbocycles. The van der Waals surface area contributed by atoms with Gasteiger partial charge in [-0.15, -0.1) is 0 Å². The van der Waals surface area contributed by atoms with Crippen molar-refractivity contribution in [1.82, 2.24) is 0 Å². The molecule has 0 fully saturated rings. The zero-order valence-electron chi connectivity index (χ0n) is 9.67. The van der Waals surface area contributed by atoms with E-state index in [1.54, 1.807) is 15.9 Å². The molecule has 0 heterocycles. The molecule has 0 aromatic rings. The van der Waals surface area contributed by atoms with Crippen molar-refractivity contribution < 1.29 is 0 Å². The zero-order valence-corrected chi connectivity index (χ0v) is 12.3. The van der Waals surface area contributed by atoms with Crippen LogP contribution in [0.25, 0.3) is 0 Å². The summed E-state index contributed by atoms with van der Waals surface area (Å²) < 4.78 is 0. The second kappa shape index (κ2) is 4.58. The van der Waals surface area contributed by atoms with Crippen molar-refractivity contribution in [2.75, 3.05) is 0 Å². The van der Waals surface area contributed by atoms with Gasteiger partial charge in [-0.3, -0.25) is 0 Å². The Labute approximate surface area is 110 Å². The van der Waals surface area contributed by atoms with E-state index in [2.05, 4.69) is 69.8 Å². The Balaban J connectivity index is 2.04. The Kier molecular flexibility index (Phi) is 3.09. The third-order valence-corrected chi connectivity index (χ3v) is 11.3. The van der Waals surface area contributed by atoms with Gasteiger partial charge in [0.05, 0.1) is 0 Å². The Morgan fingerprint density at radius 2 is 1.06 bits per heavy atom. The van der Waals surface area contributed by atoms with Gasteiger partial charge in [0.1, 0.15) is 0 Å². The maximum absolute atomic E-state index is 3.60. The van der Waals surface area contributed by atoms with Gasteiger partial charge in [-0.2, -0.15) is 0 Å². The molecule has 0 aromatic heterocycles. The topological polar surface area (TPSA) is 0 Å². The summed E-state index contributed by atoms with van der Waals surface area (Å²) in [6.07, 6.45) is 23.7. The van der Waals surface area contributed by atoms with E-state index in [4.69, 9.17) is 0 Å². The monoisotopic (exact) mass is 306 g/mol. The summed E-state index contributed by atoms with van der Waals surface area (Å²) in [5.41, 5.74) is -1.34. The van der Waals surface area contributed by atoms with Gasteiger partial charge >= 0.3 is 110 Å². The van der Waals surface area contributed by atoms with Crippen LogP contribution < -0.4 is 0 Å². The van der Waals surface area contributed by atoms with Crippen molar-refractivity contribution in [3.05, 3.63) is 70.6 Å². The fourth-order valence-electron chi connectivity index (χ4n) is 2.56. The summed E-state index contributed by atoms with van der Waals surface area (Å²) in [6.45, 7) is 0. The maximum atomic E-state index is 3.60. The number of hydrogen-bond donors (Lipinski definition) is 0. The van der Waals surface area contributed by atoms with Gasteiger partial charge in [0.2, 0.25) is 0 Å². The summed E-state index contributed by atoms with van der Waals surface area (Å²) in [5.74, 6) is 0. The minimum atomic E-state index is -1.34. The Morgan fingerprint density at radius 3 is 1.29 bits per heavy atom. The van der Waals surface area contributed by atoms with E-state index in [1.165, 1.54) is 0 Å². The molecule has 0 saturated heterocycles. The minimum absolute atomic E-state index is 1.12. The van der Waals surface area contributed by atoms with Crippen LogP contribution in [0.1, 0.15) is 19.3 Å². The Bertz CT molecular complexity index is 487. The Morgan fingerprint density at radius 1 is 0.706 bits per heavy atom. The van der Waals surface area contributed by atoms with E-state index in [9.17, 15) is 0 Å². The van der Waals surface area contributed by atoms with Crippen molar-refractivity contribution in [1.29, 1.82) is 0 Å². The van der Waals surface area contributed by atoms with Crippen molar-refractivity contribution in [3.8, 4) is 0 Å². The summed E-state index contributed by atoms with van der Waals surface area (Å²) >= 11 is 3.60. The van der Waals surface area contributed by atoms with E-state index >= 15 is 0 Å². The average molecular weight is 305 g/mol. The predicted octanol–water partition coefficient (Wildman–Crippen LogP) is 4.62. The molecule has 0 aliphatic heterocycles. The number of hydrogen-bond acceptors (Lipinski definition) is 0. The van der Waals surface area contributed by atoms with Gasteiger partial charge in [-0.1, -0.05) is 0 Å². The summed E-state index contributed by atoms with van der Waals surface area (Å²) in [4.78, 5) is 0. The van der Waals surface area contributed by atoms with E-state index in [0.717, 1.165) is 19.3 Å². The molecule has 0 amide bonds. The van der Waals surface area contributed by atoms with Crippen LogP contribution in [0.3, 0.4) is 0 Å². The summed E-state index contributed by atoms with van der Waals surface area (Å²) in [5, 5.41) is 4.80. The van der Waals surface area contributed by atoms with Crippen LogP contribution in [0.5, 0.6) is 0 Å². The molecule has 3 rings (SSSR count). The first kappa shape index (κ1) is 11.5. The normalized spacial score (nSPS) is 22.0. The van der Waals surface area contributed by atoms with Gasteiger partial charge in [-0.25, -0.2) is 0 Å². The first-order valence-electron chi connectivity index (χ1n) is 6.00. The molecule has 0 aromatic carbocycles. The molecule has 17 heavy (non-hydrogen) atoms. The predicted molar refractivity (Wildman–Crippen MR) is 78.2 cm³/mol. The van der Waals surface area contributed by atoms with Crippen molar-refractivity contribution in [3.63, 3.8) is 0 Å². The summed E-state index contributed by atoms with van der Waals surface area (Å²) in [7, 11) is 0. The van der Waals surface area contributed by atoms with Crippen molar-refractivity contribution >= 4 is 20.6 Å². The fourth-order valence-corrected chi connectivity index (χ4v) is 8.20. The Hall–Kier alpha value is -0.611. The average Bonchev–Trinajstić information content (AvgIpc) is 3.10. The molecule has 0 atom stereocenters. The summed E-state index contributed by atoms with van der Waals surface area (Å²) in [6, 6.07) is 0. The van der Waals surface area contributed by atoms with Crippen LogP contribution in [0, 0.1) is 0 Å². The number of rotatable bonds is 3. The molecule has 0 radical (unpaired) electrons. The molecule has 86 valence electrons. The zero-order chi connectivity index (χ0) is 11.7. The second-order valence-electron chi connectivity index (χ2n) is 4.48. The molecule has 2 heteroatoms. The molecule has 3 aliphatic rings. The molecule has 0 bridgehead atoms. The molecule has 0 unspecified atom stereocenters. The van der Waals surface area contributed by atoms with E-state index in [0.29, 0.717) is 0 Å². The molecule has 0 nitrogen and oxygen atoms in total. The molecule has 0 N–H and O–H groups in total. The van der Waals surface area contributed by atoms with Gasteiger partial charge in [0.15, 0.2) is 0 Å².